The number of nitrogens with zero attached hydrogens (tertiary/aromatic N) is 1. The molecule has 3 rings (SSSR count). The molecule has 152 valence electrons. The molecule has 0 aliphatic carbocycles. The minimum atomic E-state index is -3.75. The maximum atomic E-state index is 12.3. The van der Waals surface area contributed by atoms with Crippen molar-refractivity contribution < 1.29 is 27.5 Å². The lowest BCUT2D eigenvalue weighted by Gasteiger charge is -2.14. The van der Waals surface area contributed by atoms with Crippen LogP contribution in [-0.2, 0) is 14.8 Å². The molecule has 0 atom stereocenters. The summed E-state index contributed by atoms with van der Waals surface area (Å²) in [6, 6.07) is 11.6. The predicted molar refractivity (Wildman–Crippen MR) is 104 cm³/mol. The van der Waals surface area contributed by atoms with Gasteiger partial charge in [0, 0.05) is 6.04 Å². The molecule has 0 spiro atoms. The smallest absolute Gasteiger partial charge is 0.338 e. The van der Waals surface area contributed by atoms with Crippen molar-refractivity contribution in [3.8, 4) is 0 Å². The predicted octanol–water partition coefficient (Wildman–Crippen LogP) is 1.83. The molecule has 2 amide bonds. The van der Waals surface area contributed by atoms with Gasteiger partial charge in [0.2, 0.25) is 10.0 Å². The monoisotopic (exact) mass is 416 g/mol. The van der Waals surface area contributed by atoms with E-state index in [1.165, 1.54) is 24.3 Å². The highest BCUT2D eigenvalue weighted by molar-refractivity contribution is 7.89. The second-order valence-electron chi connectivity index (χ2n) is 6.75. The molecule has 1 N–H and O–H groups in total. The average Bonchev–Trinajstić information content (AvgIpc) is 2.92. The van der Waals surface area contributed by atoms with Gasteiger partial charge in [-0.3, -0.25) is 14.5 Å². The van der Waals surface area contributed by atoms with E-state index in [0.717, 1.165) is 4.90 Å². The third kappa shape index (κ3) is 4.36. The number of hydrogen-bond donors (Lipinski definition) is 1. The molecule has 2 aromatic rings. The van der Waals surface area contributed by atoms with Crippen molar-refractivity contribution in [3.05, 3.63) is 65.2 Å². The first-order valence-corrected chi connectivity index (χ1v) is 10.4. The molecule has 9 heteroatoms. The maximum absolute atomic E-state index is 12.3. The van der Waals surface area contributed by atoms with E-state index < -0.39 is 27.8 Å². The molecule has 0 saturated heterocycles. The van der Waals surface area contributed by atoms with E-state index in [-0.39, 0.29) is 29.7 Å². The van der Waals surface area contributed by atoms with Gasteiger partial charge >= 0.3 is 5.97 Å². The summed E-state index contributed by atoms with van der Waals surface area (Å²) in [4.78, 5) is 37.8. The van der Waals surface area contributed by atoms with Crippen LogP contribution in [0, 0.1) is 0 Å². The number of amides is 2. The van der Waals surface area contributed by atoms with Gasteiger partial charge < -0.3 is 4.74 Å². The molecule has 0 fully saturated rings. The van der Waals surface area contributed by atoms with Crippen LogP contribution in [0.3, 0.4) is 0 Å². The molecular formula is C20H20N2O6S. The lowest BCUT2D eigenvalue weighted by Crippen LogP contribution is -2.33. The van der Waals surface area contributed by atoms with Gasteiger partial charge in [0.1, 0.15) is 6.61 Å². The molecule has 0 unspecified atom stereocenters. The van der Waals surface area contributed by atoms with E-state index in [9.17, 15) is 22.8 Å². The number of sulfonamides is 1. The Kier molecular flexibility index (Phi) is 5.81. The topological polar surface area (TPSA) is 110 Å². The van der Waals surface area contributed by atoms with Gasteiger partial charge in [0.05, 0.1) is 28.1 Å². The number of carbonyl (C=O) groups excluding carboxylic acids is 3. The third-order valence-corrected chi connectivity index (χ3v) is 5.85. The van der Waals surface area contributed by atoms with Crippen LogP contribution in [0.25, 0.3) is 0 Å². The highest BCUT2D eigenvalue weighted by atomic mass is 32.2. The minimum Gasteiger partial charge on any atom is -0.460 e. The standard InChI is InChI=1S/C20H20N2O6S/c1-13(2)21-29(26,27)15-7-5-6-14(12-15)20(25)28-11-10-22-18(23)16-8-3-4-9-17(16)19(22)24/h3-9,12-13,21H,10-11H2,1-2H3. The Balaban J connectivity index is 1.63. The number of carbonyl (C=O) groups is 3. The van der Waals surface area contributed by atoms with Crippen molar-refractivity contribution in [3.63, 3.8) is 0 Å². The summed E-state index contributed by atoms with van der Waals surface area (Å²) in [6.45, 7) is 3.08. The first kappa shape index (κ1) is 20.7. The molecule has 8 nitrogen and oxygen atoms in total. The molecule has 0 saturated carbocycles. The Morgan fingerprint density at radius 1 is 1.03 bits per heavy atom. The van der Waals surface area contributed by atoms with Crippen LogP contribution in [0.2, 0.25) is 0 Å². The quantitative estimate of drug-likeness (QED) is 0.545. The van der Waals surface area contributed by atoms with E-state index in [2.05, 4.69) is 4.72 Å². The number of nitrogens with one attached hydrogen (secondary N) is 1. The zero-order valence-corrected chi connectivity index (χ0v) is 16.7. The average molecular weight is 416 g/mol. The van der Waals surface area contributed by atoms with Crippen molar-refractivity contribution in [2.75, 3.05) is 13.2 Å². The summed E-state index contributed by atoms with van der Waals surface area (Å²) >= 11 is 0. The fraction of sp³-hybridized carbons (Fsp3) is 0.250. The number of rotatable bonds is 7. The largest absolute Gasteiger partial charge is 0.460 e. The van der Waals surface area contributed by atoms with E-state index in [1.54, 1.807) is 38.1 Å². The number of benzene rings is 2. The normalized spacial score (nSPS) is 13.7. The highest BCUT2D eigenvalue weighted by Crippen LogP contribution is 2.22. The van der Waals surface area contributed by atoms with Gasteiger partial charge in [-0.15, -0.1) is 0 Å². The van der Waals surface area contributed by atoms with Crippen molar-refractivity contribution in [2.45, 2.75) is 24.8 Å². The fourth-order valence-electron chi connectivity index (χ4n) is 2.92. The molecule has 1 aliphatic rings. The molecule has 2 aromatic carbocycles. The van der Waals surface area contributed by atoms with Crippen molar-refractivity contribution in [2.24, 2.45) is 0 Å². The van der Waals surface area contributed by atoms with E-state index in [1.807, 2.05) is 0 Å². The number of imide groups is 1. The SMILES string of the molecule is CC(C)NS(=O)(=O)c1cccc(C(=O)OCCN2C(=O)c3ccccc3C2=O)c1. The molecule has 1 heterocycles. The number of fused-ring (bicyclic) bond motifs is 1. The Morgan fingerprint density at radius 3 is 2.24 bits per heavy atom. The lowest BCUT2D eigenvalue weighted by atomic mass is 10.1. The number of hydrogen-bond acceptors (Lipinski definition) is 6. The summed E-state index contributed by atoms with van der Waals surface area (Å²) < 4.78 is 32.1. The molecule has 1 aliphatic heterocycles. The zero-order valence-electron chi connectivity index (χ0n) is 15.9. The minimum absolute atomic E-state index is 0.0546. The summed E-state index contributed by atoms with van der Waals surface area (Å²) in [6.07, 6.45) is 0. The third-order valence-electron chi connectivity index (χ3n) is 4.20. The zero-order chi connectivity index (χ0) is 21.2. The number of ether oxygens (including phenoxy) is 1. The van der Waals surface area contributed by atoms with Gasteiger partial charge in [-0.05, 0) is 44.2 Å². The Bertz CT molecular complexity index is 1040. The van der Waals surface area contributed by atoms with Gasteiger partial charge in [-0.2, -0.15) is 0 Å². The van der Waals surface area contributed by atoms with Crippen LogP contribution >= 0.6 is 0 Å². The van der Waals surface area contributed by atoms with Gasteiger partial charge in [-0.1, -0.05) is 18.2 Å². The highest BCUT2D eigenvalue weighted by Gasteiger charge is 2.34. The summed E-state index contributed by atoms with van der Waals surface area (Å²) in [5, 5.41) is 0. The molecule has 0 radical (unpaired) electrons. The lowest BCUT2D eigenvalue weighted by molar-refractivity contribution is 0.0420. The van der Waals surface area contributed by atoms with E-state index in [0.29, 0.717) is 11.1 Å². The number of esters is 1. The first-order valence-electron chi connectivity index (χ1n) is 8.95. The van der Waals surface area contributed by atoms with Gasteiger partial charge in [-0.25, -0.2) is 17.9 Å². The van der Waals surface area contributed by atoms with Crippen LogP contribution in [0.15, 0.2) is 53.4 Å². The maximum Gasteiger partial charge on any atom is 0.338 e. The Morgan fingerprint density at radius 2 is 1.66 bits per heavy atom. The van der Waals surface area contributed by atoms with Gasteiger partial charge in [0.15, 0.2) is 0 Å². The second-order valence-corrected chi connectivity index (χ2v) is 8.46. The summed E-state index contributed by atoms with van der Waals surface area (Å²) in [5.41, 5.74) is 0.692. The van der Waals surface area contributed by atoms with Crippen LogP contribution < -0.4 is 4.72 Å². The van der Waals surface area contributed by atoms with Crippen LogP contribution in [0.1, 0.15) is 44.9 Å². The Hall–Kier alpha value is -3.04. The summed E-state index contributed by atoms with van der Waals surface area (Å²) in [7, 11) is -3.75. The second kappa shape index (κ2) is 8.14. The fourth-order valence-corrected chi connectivity index (χ4v) is 4.22. The van der Waals surface area contributed by atoms with Crippen molar-refractivity contribution in [1.29, 1.82) is 0 Å². The van der Waals surface area contributed by atoms with E-state index in [4.69, 9.17) is 4.74 Å². The first-order chi connectivity index (χ1) is 13.7. The van der Waals surface area contributed by atoms with Crippen LogP contribution in [0.4, 0.5) is 0 Å². The molecule has 29 heavy (non-hydrogen) atoms. The van der Waals surface area contributed by atoms with Crippen LogP contribution in [0.5, 0.6) is 0 Å². The summed E-state index contributed by atoms with van der Waals surface area (Å²) in [5.74, 6) is -1.62. The van der Waals surface area contributed by atoms with Crippen molar-refractivity contribution in [1.82, 2.24) is 9.62 Å². The van der Waals surface area contributed by atoms with Gasteiger partial charge in [0.25, 0.3) is 11.8 Å². The Labute approximate surface area is 168 Å². The van der Waals surface area contributed by atoms with Crippen LogP contribution in [-0.4, -0.2) is 50.3 Å². The molecule has 0 bridgehead atoms. The van der Waals surface area contributed by atoms with E-state index >= 15 is 0 Å². The van der Waals surface area contributed by atoms with Crippen molar-refractivity contribution >= 4 is 27.8 Å². The molecule has 0 aromatic heterocycles. The molecular weight excluding hydrogens is 396 g/mol.